The summed E-state index contributed by atoms with van der Waals surface area (Å²) in [6.07, 6.45) is 4.46. The number of benzene rings is 1. The highest BCUT2D eigenvalue weighted by Gasteiger charge is 2.15. The fourth-order valence-electron chi connectivity index (χ4n) is 1.67. The third kappa shape index (κ3) is 2.86. The van der Waals surface area contributed by atoms with Gasteiger partial charge in [0.05, 0.1) is 19.0 Å². The van der Waals surface area contributed by atoms with E-state index in [-0.39, 0.29) is 23.6 Å². The van der Waals surface area contributed by atoms with Crippen LogP contribution in [-0.2, 0) is 4.74 Å². The molecule has 1 unspecified atom stereocenters. The standard InChI is InChI=1S/C14H17FO2/c1-10(2)12-4-3-5-13(14(12)15)17-9-7-11-6-8-16-11/h3-5,7,9-11H,6,8H2,1-2H3. The summed E-state index contributed by atoms with van der Waals surface area (Å²) in [5.74, 6) is 0.144. The smallest absolute Gasteiger partial charge is 0.169 e. The molecular weight excluding hydrogens is 219 g/mol. The maximum absolute atomic E-state index is 14.0. The predicted octanol–water partition coefficient (Wildman–Crippen LogP) is 3.63. The van der Waals surface area contributed by atoms with Crippen molar-refractivity contribution in [1.29, 1.82) is 0 Å². The minimum Gasteiger partial charge on any atom is -0.462 e. The zero-order valence-electron chi connectivity index (χ0n) is 10.2. The monoisotopic (exact) mass is 236 g/mol. The van der Waals surface area contributed by atoms with E-state index in [1.807, 2.05) is 19.9 Å². The van der Waals surface area contributed by atoms with Gasteiger partial charge in [-0.05, 0) is 23.6 Å². The summed E-state index contributed by atoms with van der Waals surface area (Å²) in [7, 11) is 0. The Bertz CT molecular complexity index is 409. The SMILES string of the molecule is CC(C)c1cccc(OC=CC2CCO2)c1F. The van der Waals surface area contributed by atoms with Gasteiger partial charge in [0.1, 0.15) is 0 Å². The molecule has 0 bridgehead atoms. The van der Waals surface area contributed by atoms with Gasteiger partial charge in [-0.1, -0.05) is 26.0 Å². The average Bonchev–Trinajstić information content (AvgIpc) is 2.23. The molecule has 1 aromatic carbocycles. The van der Waals surface area contributed by atoms with Crippen molar-refractivity contribution in [2.45, 2.75) is 32.3 Å². The third-order valence-electron chi connectivity index (χ3n) is 2.84. The van der Waals surface area contributed by atoms with Crippen molar-refractivity contribution in [3.63, 3.8) is 0 Å². The first-order chi connectivity index (χ1) is 8.18. The number of halogens is 1. The van der Waals surface area contributed by atoms with E-state index >= 15 is 0 Å². The van der Waals surface area contributed by atoms with E-state index in [1.165, 1.54) is 6.26 Å². The molecule has 1 heterocycles. The molecule has 1 atom stereocenters. The van der Waals surface area contributed by atoms with Crippen LogP contribution in [0.5, 0.6) is 5.75 Å². The Kier molecular flexibility index (Phi) is 3.79. The molecule has 1 aromatic rings. The van der Waals surface area contributed by atoms with Gasteiger partial charge in [-0.3, -0.25) is 0 Å². The fraction of sp³-hybridized carbons (Fsp3) is 0.429. The lowest BCUT2D eigenvalue weighted by molar-refractivity contribution is -0.0193. The number of hydrogen-bond donors (Lipinski definition) is 0. The molecular formula is C14H17FO2. The molecule has 0 aromatic heterocycles. The van der Waals surface area contributed by atoms with Crippen LogP contribution in [0.4, 0.5) is 4.39 Å². The van der Waals surface area contributed by atoms with Crippen LogP contribution in [0.25, 0.3) is 0 Å². The Morgan fingerprint density at radius 3 is 2.82 bits per heavy atom. The van der Waals surface area contributed by atoms with E-state index in [4.69, 9.17) is 9.47 Å². The van der Waals surface area contributed by atoms with Crippen molar-refractivity contribution in [2.24, 2.45) is 0 Å². The van der Waals surface area contributed by atoms with Crippen LogP contribution < -0.4 is 4.74 Å². The first-order valence-electron chi connectivity index (χ1n) is 5.92. The van der Waals surface area contributed by atoms with E-state index in [2.05, 4.69) is 0 Å². The highest BCUT2D eigenvalue weighted by molar-refractivity contribution is 5.33. The minimum atomic E-state index is -0.276. The van der Waals surface area contributed by atoms with Crippen molar-refractivity contribution < 1.29 is 13.9 Å². The average molecular weight is 236 g/mol. The Labute approximate surface area is 101 Å². The summed E-state index contributed by atoms with van der Waals surface area (Å²) in [5.41, 5.74) is 0.677. The van der Waals surface area contributed by atoms with Crippen molar-refractivity contribution in [1.82, 2.24) is 0 Å². The van der Waals surface area contributed by atoms with E-state index in [9.17, 15) is 4.39 Å². The Hall–Kier alpha value is -1.35. The van der Waals surface area contributed by atoms with E-state index in [0.29, 0.717) is 5.56 Å². The molecule has 1 saturated heterocycles. The molecule has 0 saturated carbocycles. The Morgan fingerprint density at radius 1 is 1.47 bits per heavy atom. The van der Waals surface area contributed by atoms with Gasteiger partial charge < -0.3 is 9.47 Å². The number of ether oxygens (including phenoxy) is 2. The highest BCUT2D eigenvalue weighted by Crippen LogP contribution is 2.26. The second-order valence-corrected chi connectivity index (χ2v) is 4.46. The lowest BCUT2D eigenvalue weighted by Gasteiger charge is -2.22. The Balaban J connectivity index is 2.04. The van der Waals surface area contributed by atoms with Crippen LogP contribution in [0.15, 0.2) is 30.5 Å². The Morgan fingerprint density at radius 2 is 2.24 bits per heavy atom. The van der Waals surface area contributed by atoms with E-state index < -0.39 is 0 Å². The molecule has 1 aliphatic heterocycles. The van der Waals surface area contributed by atoms with Gasteiger partial charge in [0.25, 0.3) is 0 Å². The summed E-state index contributed by atoms with van der Waals surface area (Å²) >= 11 is 0. The zero-order valence-corrected chi connectivity index (χ0v) is 10.2. The van der Waals surface area contributed by atoms with Crippen molar-refractivity contribution >= 4 is 0 Å². The van der Waals surface area contributed by atoms with Crippen molar-refractivity contribution in [3.8, 4) is 5.75 Å². The molecule has 0 amide bonds. The molecule has 92 valence electrons. The molecule has 2 nitrogen and oxygen atoms in total. The van der Waals surface area contributed by atoms with Gasteiger partial charge in [-0.25, -0.2) is 4.39 Å². The third-order valence-corrected chi connectivity index (χ3v) is 2.84. The molecule has 0 aliphatic carbocycles. The van der Waals surface area contributed by atoms with Gasteiger partial charge in [-0.15, -0.1) is 0 Å². The van der Waals surface area contributed by atoms with Gasteiger partial charge in [0.15, 0.2) is 11.6 Å². The lowest BCUT2D eigenvalue weighted by Crippen LogP contribution is -2.24. The molecule has 1 aliphatic rings. The van der Waals surface area contributed by atoms with Crippen molar-refractivity contribution in [3.05, 3.63) is 41.9 Å². The fourth-order valence-corrected chi connectivity index (χ4v) is 1.67. The molecule has 1 fully saturated rings. The first kappa shape index (κ1) is 12.1. The topological polar surface area (TPSA) is 18.5 Å². The number of rotatable bonds is 4. The summed E-state index contributed by atoms with van der Waals surface area (Å²) in [6, 6.07) is 5.22. The molecule has 0 spiro atoms. The van der Waals surface area contributed by atoms with E-state index in [0.717, 1.165) is 13.0 Å². The molecule has 2 rings (SSSR count). The zero-order chi connectivity index (χ0) is 12.3. The van der Waals surface area contributed by atoms with Crippen LogP contribution >= 0.6 is 0 Å². The molecule has 3 heteroatoms. The van der Waals surface area contributed by atoms with Crippen LogP contribution in [0.2, 0.25) is 0 Å². The maximum Gasteiger partial charge on any atom is 0.169 e. The summed E-state index contributed by atoms with van der Waals surface area (Å²) in [5, 5.41) is 0. The summed E-state index contributed by atoms with van der Waals surface area (Å²) in [6.45, 7) is 4.71. The second-order valence-electron chi connectivity index (χ2n) is 4.46. The maximum atomic E-state index is 14.0. The molecule has 0 radical (unpaired) electrons. The van der Waals surface area contributed by atoms with Crippen LogP contribution in [0.1, 0.15) is 31.7 Å². The summed E-state index contributed by atoms with van der Waals surface area (Å²) in [4.78, 5) is 0. The second kappa shape index (κ2) is 5.32. The normalized spacial score (nSPS) is 19.6. The quantitative estimate of drug-likeness (QED) is 0.743. The minimum absolute atomic E-state index is 0.131. The van der Waals surface area contributed by atoms with Crippen LogP contribution in [0, 0.1) is 5.82 Å². The summed E-state index contributed by atoms with van der Waals surface area (Å²) < 4.78 is 24.5. The molecule has 0 N–H and O–H groups in total. The highest BCUT2D eigenvalue weighted by atomic mass is 19.1. The predicted molar refractivity (Wildman–Crippen MR) is 64.6 cm³/mol. The van der Waals surface area contributed by atoms with Gasteiger partial charge >= 0.3 is 0 Å². The largest absolute Gasteiger partial charge is 0.462 e. The first-order valence-corrected chi connectivity index (χ1v) is 5.92. The van der Waals surface area contributed by atoms with Crippen LogP contribution in [-0.4, -0.2) is 12.7 Å². The van der Waals surface area contributed by atoms with Gasteiger partial charge in [0.2, 0.25) is 0 Å². The lowest BCUT2D eigenvalue weighted by atomic mass is 10.0. The van der Waals surface area contributed by atoms with Crippen molar-refractivity contribution in [2.75, 3.05) is 6.61 Å². The molecule has 17 heavy (non-hydrogen) atoms. The van der Waals surface area contributed by atoms with E-state index in [1.54, 1.807) is 18.2 Å². The van der Waals surface area contributed by atoms with Crippen LogP contribution in [0.3, 0.4) is 0 Å². The number of hydrogen-bond acceptors (Lipinski definition) is 2. The van der Waals surface area contributed by atoms with Gasteiger partial charge in [0, 0.05) is 6.42 Å². The van der Waals surface area contributed by atoms with Gasteiger partial charge in [-0.2, -0.15) is 0 Å².